The Morgan fingerprint density at radius 1 is 1.00 bits per heavy atom. The van der Waals surface area contributed by atoms with Gasteiger partial charge in [-0.05, 0) is 45.5 Å². The van der Waals surface area contributed by atoms with Gasteiger partial charge < -0.3 is 9.13 Å². The minimum atomic E-state index is -1.68. The molecule has 16 heavy (non-hydrogen) atoms. The summed E-state index contributed by atoms with van der Waals surface area (Å²) in [5, 5.41) is 1.42. The van der Waals surface area contributed by atoms with Crippen molar-refractivity contribution in [1.82, 2.24) is 9.13 Å². The van der Waals surface area contributed by atoms with Gasteiger partial charge in [-0.15, -0.1) is 0 Å². The van der Waals surface area contributed by atoms with Crippen LogP contribution in [0.15, 0.2) is 30.8 Å². The first-order valence-corrected chi connectivity index (χ1v) is 7.90. The number of benzene rings is 1. The fourth-order valence-electron chi connectivity index (χ4n) is 1.85. The maximum atomic E-state index is 3.78. The van der Waals surface area contributed by atoms with E-state index in [1.807, 2.05) is 6.08 Å². The van der Waals surface area contributed by atoms with E-state index in [1.165, 1.54) is 10.8 Å². The second-order valence-electron chi connectivity index (χ2n) is 4.64. The standard InChI is InChI=1S/C13H22N2Si/c1-7-12-8-10-13(11-9-12)16(6,14(2)3)15(4)5/h7-11H,1H2,2-6H3. The van der Waals surface area contributed by atoms with Crippen LogP contribution in [0.5, 0.6) is 0 Å². The molecule has 0 N–H and O–H groups in total. The monoisotopic (exact) mass is 234 g/mol. The third kappa shape index (κ3) is 2.26. The van der Waals surface area contributed by atoms with Crippen LogP contribution in [0.4, 0.5) is 0 Å². The van der Waals surface area contributed by atoms with Crippen molar-refractivity contribution in [3.8, 4) is 0 Å². The van der Waals surface area contributed by atoms with Gasteiger partial charge in [0.1, 0.15) is 0 Å². The third-order valence-corrected chi connectivity index (χ3v) is 8.35. The van der Waals surface area contributed by atoms with Crippen LogP contribution < -0.4 is 5.19 Å². The van der Waals surface area contributed by atoms with Gasteiger partial charge in [0.05, 0.1) is 0 Å². The van der Waals surface area contributed by atoms with Crippen LogP contribution in [0.1, 0.15) is 5.56 Å². The number of hydrogen-bond donors (Lipinski definition) is 0. The lowest BCUT2D eigenvalue weighted by molar-refractivity contribution is 0.503. The lowest BCUT2D eigenvalue weighted by Crippen LogP contribution is -2.66. The Kier molecular flexibility index (Phi) is 4.07. The van der Waals surface area contributed by atoms with Gasteiger partial charge in [-0.1, -0.05) is 36.9 Å². The molecule has 0 saturated heterocycles. The Labute approximate surface area is 100 Å². The highest BCUT2D eigenvalue weighted by Crippen LogP contribution is 2.10. The van der Waals surface area contributed by atoms with Gasteiger partial charge in [0.15, 0.2) is 0 Å². The zero-order valence-electron chi connectivity index (χ0n) is 11.0. The molecule has 0 spiro atoms. The van der Waals surface area contributed by atoms with Crippen LogP contribution in [0.25, 0.3) is 6.08 Å². The highest BCUT2D eigenvalue weighted by Gasteiger charge is 2.35. The van der Waals surface area contributed by atoms with E-state index in [4.69, 9.17) is 0 Å². The van der Waals surface area contributed by atoms with E-state index < -0.39 is 8.40 Å². The summed E-state index contributed by atoms with van der Waals surface area (Å²) < 4.78 is 4.71. The molecule has 0 fully saturated rings. The van der Waals surface area contributed by atoms with Gasteiger partial charge in [0, 0.05) is 0 Å². The predicted octanol–water partition coefficient (Wildman–Crippen LogP) is 1.73. The van der Waals surface area contributed by atoms with Gasteiger partial charge >= 0.3 is 0 Å². The Hall–Kier alpha value is -0.903. The van der Waals surface area contributed by atoms with Crippen molar-refractivity contribution in [1.29, 1.82) is 0 Å². The molecule has 0 aliphatic heterocycles. The molecule has 0 saturated carbocycles. The van der Waals surface area contributed by atoms with E-state index in [9.17, 15) is 0 Å². The molecule has 0 bridgehead atoms. The van der Waals surface area contributed by atoms with Crippen LogP contribution >= 0.6 is 0 Å². The quantitative estimate of drug-likeness (QED) is 0.732. The molecule has 3 heteroatoms. The topological polar surface area (TPSA) is 6.48 Å². The fraction of sp³-hybridized carbons (Fsp3) is 0.385. The average molecular weight is 234 g/mol. The van der Waals surface area contributed by atoms with Crippen molar-refractivity contribution in [2.75, 3.05) is 28.2 Å². The predicted molar refractivity (Wildman–Crippen MR) is 75.2 cm³/mol. The Balaban J connectivity index is 3.16. The van der Waals surface area contributed by atoms with E-state index in [0.717, 1.165) is 0 Å². The van der Waals surface area contributed by atoms with Crippen molar-refractivity contribution in [2.45, 2.75) is 6.55 Å². The van der Waals surface area contributed by atoms with Crippen molar-refractivity contribution in [2.24, 2.45) is 0 Å². The zero-order chi connectivity index (χ0) is 12.3. The molecule has 0 heterocycles. The van der Waals surface area contributed by atoms with Crippen LogP contribution in [0, 0.1) is 0 Å². The number of nitrogens with zero attached hydrogens (tertiary/aromatic N) is 2. The molecule has 1 aromatic rings. The number of rotatable bonds is 4. The maximum Gasteiger partial charge on any atom is 0.235 e. The second-order valence-corrected chi connectivity index (χ2v) is 9.04. The summed E-state index contributed by atoms with van der Waals surface area (Å²) >= 11 is 0. The van der Waals surface area contributed by atoms with Crippen molar-refractivity contribution in [3.63, 3.8) is 0 Å². The molecule has 0 radical (unpaired) electrons. The van der Waals surface area contributed by atoms with E-state index in [1.54, 1.807) is 0 Å². The van der Waals surface area contributed by atoms with Gasteiger partial charge in [-0.25, -0.2) is 0 Å². The molecule has 1 aromatic carbocycles. The van der Waals surface area contributed by atoms with Gasteiger partial charge in [-0.3, -0.25) is 0 Å². The van der Waals surface area contributed by atoms with Crippen LogP contribution in [0.2, 0.25) is 6.55 Å². The van der Waals surface area contributed by atoms with Gasteiger partial charge in [0.25, 0.3) is 0 Å². The largest absolute Gasteiger partial charge is 0.314 e. The maximum absolute atomic E-state index is 3.78. The number of hydrogen-bond acceptors (Lipinski definition) is 2. The second kappa shape index (κ2) is 4.95. The summed E-state index contributed by atoms with van der Waals surface area (Å²) in [4.78, 5) is 0. The zero-order valence-corrected chi connectivity index (χ0v) is 12.0. The lowest BCUT2D eigenvalue weighted by atomic mass is 10.2. The average Bonchev–Trinajstić information content (AvgIpc) is 2.27. The van der Waals surface area contributed by atoms with E-state index in [0.29, 0.717) is 0 Å². The van der Waals surface area contributed by atoms with Crippen LogP contribution in [-0.4, -0.2) is 45.7 Å². The smallest absolute Gasteiger partial charge is 0.235 e. The molecule has 0 aromatic heterocycles. The SMILES string of the molecule is C=Cc1ccc([Si](C)(N(C)C)N(C)C)cc1. The minimum Gasteiger partial charge on any atom is -0.314 e. The first-order chi connectivity index (χ1) is 7.42. The van der Waals surface area contributed by atoms with Crippen LogP contribution in [-0.2, 0) is 0 Å². The van der Waals surface area contributed by atoms with Gasteiger partial charge in [-0.2, -0.15) is 0 Å². The Bertz CT molecular complexity index is 347. The molecular formula is C13H22N2Si. The molecular weight excluding hydrogens is 212 g/mol. The highest BCUT2D eigenvalue weighted by atomic mass is 28.3. The molecule has 0 aliphatic carbocycles. The lowest BCUT2D eigenvalue weighted by Gasteiger charge is -2.40. The van der Waals surface area contributed by atoms with Crippen molar-refractivity contribution < 1.29 is 0 Å². The molecule has 2 nitrogen and oxygen atoms in total. The van der Waals surface area contributed by atoms with E-state index >= 15 is 0 Å². The summed E-state index contributed by atoms with van der Waals surface area (Å²) in [6.45, 7) is 6.14. The summed E-state index contributed by atoms with van der Waals surface area (Å²) in [7, 11) is 6.96. The van der Waals surface area contributed by atoms with Crippen LogP contribution in [0.3, 0.4) is 0 Å². The summed E-state index contributed by atoms with van der Waals surface area (Å²) in [5.41, 5.74) is 1.18. The van der Waals surface area contributed by atoms with Crippen molar-refractivity contribution in [3.05, 3.63) is 36.4 Å². The molecule has 88 valence electrons. The molecule has 0 amide bonds. The van der Waals surface area contributed by atoms with E-state index in [-0.39, 0.29) is 0 Å². The van der Waals surface area contributed by atoms with Crippen molar-refractivity contribution >= 4 is 19.7 Å². The summed E-state index contributed by atoms with van der Waals surface area (Å²) in [6.07, 6.45) is 1.88. The Morgan fingerprint density at radius 2 is 1.44 bits per heavy atom. The summed E-state index contributed by atoms with van der Waals surface area (Å²) in [6, 6.07) is 8.73. The molecule has 0 aliphatic rings. The molecule has 0 unspecified atom stereocenters. The normalized spacial score (nSPS) is 12.2. The summed E-state index contributed by atoms with van der Waals surface area (Å²) in [5.74, 6) is 0. The highest BCUT2D eigenvalue weighted by molar-refractivity contribution is 6.85. The molecule has 0 atom stereocenters. The van der Waals surface area contributed by atoms with E-state index in [2.05, 4.69) is 74.7 Å². The molecule has 1 rings (SSSR count). The Morgan fingerprint density at radius 3 is 1.75 bits per heavy atom. The fourth-order valence-corrected chi connectivity index (χ4v) is 4.48. The first-order valence-electron chi connectivity index (χ1n) is 5.50. The first kappa shape index (κ1) is 13.2. The third-order valence-electron chi connectivity index (χ3n) is 3.43. The minimum absolute atomic E-state index is 1.18. The van der Waals surface area contributed by atoms with Gasteiger partial charge in [0.2, 0.25) is 8.40 Å².